The third-order valence-corrected chi connectivity index (χ3v) is 5.26. The minimum absolute atomic E-state index is 0.00761. The third kappa shape index (κ3) is 4.55. The lowest BCUT2D eigenvalue weighted by molar-refractivity contribution is -0.122. The molecule has 0 bridgehead atoms. The number of piperidine rings is 1. The van der Waals surface area contributed by atoms with Crippen LogP contribution in [0.1, 0.15) is 24.1 Å². The van der Waals surface area contributed by atoms with Crippen molar-refractivity contribution in [1.29, 1.82) is 0 Å². The number of rotatable bonds is 6. The molecule has 2 N–H and O–H groups in total. The Morgan fingerprint density at radius 3 is 3.04 bits per heavy atom. The average molecular weight is 345 g/mol. The van der Waals surface area contributed by atoms with Crippen LogP contribution in [-0.2, 0) is 11.2 Å². The molecule has 1 aliphatic rings. The molecule has 6 heteroatoms. The maximum Gasteiger partial charge on any atom is 0.220 e. The van der Waals surface area contributed by atoms with Gasteiger partial charge < -0.3 is 15.3 Å². The molecule has 1 fully saturated rings. The average Bonchev–Trinajstić information content (AvgIpc) is 3.13. The summed E-state index contributed by atoms with van der Waals surface area (Å²) < 4.78 is 0. The van der Waals surface area contributed by atoms with Gasteiger partial charge in [-0.05, 0) is 42.8 Å². The number of aromatic nitrogens is 1. The first-order valence-corrected chi connectivity index (χ1v) is 9.20. The van der Waals surface area contributed by atoms with Crippen LogP contribution < -0.4 is 10.2 Å². The van der Waals surface area contributed by atoms with Gasteiger partial charge in [0.1, 0.15) is 5.82 Å². The van der Waals surface area contributed by atoms with Crippen molar-refractivity contribution in [2.24, 2.45) is 0 Å². The molecule has 0 aromatic carbocycles. The van der Waals surface area contributed by atoms with Crippen molar-refractivity contribution in [1.82, 2.24) is 10.3 Å². The van der Waals surface area contributed by atoms with E-state index in [4.69, 9.17) is 0 Å². The lowest BCUT2D eigenvalue weighted by Crippen LogP contribution is -2.54. The molecule has 2 aromatic rings. The third-order valence-electron chi connectivity index (χ3n) is 4.32. The van der Waals surface area contributed by atoms with Gasteiger partial charge >= 0.3 is 0 Å². The van der Waals surface area contributed by atoms with Crippen LogP contribution in [0.3, 0.4) is 0 Å². The fraction of sp³-hybridized carbons (Fsp3) is 0.444. The van der Waals surface area contributed by atoms with E-state index >= 15 is 0 Å². The van der Waals surface area contributed by atoms with E-state index in [9.17, 15) is 9.90 Å². The smallest absolute Gasteiger partial charge is 0.220 e. The molecule has 0 saturated carbocycles. The highest BCUT2D eigenvalue weighted by atomic mass is 32.1. The van der Waals surface area contributed by atoms with E-state index in [0.29, 0.717) is 25.9 Å². The van der Waals surface area contributed by atoms with Crippen molar-refractivity contribution in [2.75, 3.05) is 24.5 Å². The second-order valence-corrected chi connectivity index (χ2v) is 7.33. The molecule has 3 heterocycles. The predicted octanol–water partition coefficient (Wildman–Crippen LogP) is 2.22. The summed E-state index contributed by atoms with van der Waals surface area (Å²) in [5.74, 6) is 0.867. The number of nitrogens with zero attached hydrogens (tertiary/aromatic N) is 2. The summed E-state index contributed by atoms with van der Waals surface area (Å²) >= 11 is 1.67. The number of pyridine rings is 1. The maximum atomic E-state index is 12.0. The highest BCUT2D eigenvalue weighted by Crippen LogP contribution is 2.24. The predicted molar refractivity (Wildman–Crippen MR) is 96.3 cm³/mol. The second kappa shape index (κ2) is 7.77. The first-order chi connectivity index (χ1) is 11.6. The number of hydrogen-bond acceptors (Lipinski definition) is 5. The van der Waals surface area contributed by atoms with Gasteiger partial charge in [-0.3, -0.25) is 4.79 Å². The minimum atomic E-state index is -0.894. The zero-order valence-electron chi connectivity index (χ0n) is 13.6. The Morgan fingerprint density at radius 2 is 2.29 bits per heavy atom. The molecule has 2 aromatic heterocycles. The molecule has 0 spiro atoms. The van der Waals surface area contributed by atoms with Gasteiger partial charge in [0.15, 0.2) is 0 Å². The van der Waals surface area contributed by atoms with Gasteiger partial charge in [0.2, 0.25) is 5.91 Å². The Morgan fingerprint density at radius 1 is 1.38 bits per heavy atom. The zero-order chi connectivity index (χ0) is 16.8. The SMILES string of the molecule is O=C(CCc1cccs1)NC[C@]1(O)CCCN(c2ccccn2)C1. The molecule has 0 radical (unpaired) electrons. The van der Waals surface area contributed by atoms with Gasteiger partial charge in [-0.25, -0.2) is 4.98 Å². The number of amides is 1. The molecule has 5 nitrogen and oxygen atoms in total. The monoisotopic (exact) mass is 345 g/mol. The summed E-state index contributed by atoms with van der Waals surface area (Å²) in [6.07, 6.45) is 4.55. The van der Waals surface area contributed by atoms with Crippen LogP contribution in [0.15, 0.2) is 41.9 Å². The van der Waals surface area contributed by atoms with Gasteiger partial charge in [0, 0.05) is 37.1 Å². The van der Waals surface area contributed by atoms with E-state index in [1.807, 2.05) is 35.7 Å². The molecule has 1 atom stereocenters. The first kappa shape index (κ1) is 16.9. The van der Waals surface area contributed by atoms with Crippen LogP contribution in [0.5, 0.6) is 0 Å². The number of nitrogens with one attached hydrogen (secondary N) is 1. The fourth-order valence-corrected chi connectivity index (χ4v) is 3.75. The molecule has 3 rings (SSSR count). The molecule has 1 amide bonds. The standard InChI is InChI=1S/C18H23N3O2S/c22-17(8-7-15-5-3-12-24-15)20-13-18(23)9-4-11-21(14-18)16-6-1-2-10-19-16/h1-3,5-6,10,12,23H,4,7-9,11,13-14H2,(H,20,22)/t18-/m1/s1. The van der Waals surface area contributed by atoms with Crippen LogP contribution in [0.4, 0.5) is 5.82 Å². The number of thiophene rings is 1. The number of hydrogen-bond donors (Lipinski definition) is 2. The number of β-amino-alcohol motifs (C(OH)–C–C–N with tert-alkyl or cyclic N) is 1. The quantitative estimate of drug-likeness (QED) is 0.843. The Labute approximate surface area is 146 Å². The summed E-state index contributed by atoms with van der Waals surface area (Å²) in [5, 5.41) is 15.7. The molecule has 1 saturated heterocycles. The molecular weight excluding hydrogens is 322 g/mol. The Balaban J connectivity index is 1.49. The van der Waals surface area contributed by atoms with Crippen LogP contribution >= 0.6 is 11.3 Å². The lowest BCUT2D eigenvalue weighted by atomic mass is 9.92. The Bertz CT molecular complexity index is 648. The van der Waals surface area contributed by atoms with Crippen molar-refractivity contribution < 1.29 is 9.90 Å². The summed E-state index contributed by atoms with van der Waals surface area (Å²) in [6, 6.07) is 9.81. The Hall–Kier alpha value is -1.92. The minimum Gasteiger partial charge on any atom is -0.386 e. The summed E-state index contributed by atoms with van der Waals surface area (Å²) in [7, 11) is 0. The number of aliphatic hydroxyl groups is 1. The normalized spacial score (nSPS) is 20.8. The van der Waals surface area contributed by atoms with Gasteiger partial charge in [0.05, 0.1) is 5.60 Å². The fourth-order valence-electron chi connectivity index (χ4n) is 3.04. The lowest BCUT2D eigenvalue weighted by Gasteiger charge is -2.39. The largest absolute Gasteiger partial charge is 0.386 e. The molecule has 128 valence electrons. The summed E-state index contributed by atoms with van der Waals surface area (Å²) in [6.45, 7) is 1.67. The van der Waals surface area contributed by atoms with E-state index in [2.05, 4.69) is 15.2 Å². The molecular formula is C18H23N3O2S. The van der Waals surface area contributed by atoms with E-state index in [-0.39, 0.29) is 5.91 Å². The number of carbonyl (C=O) groups is 1. The van der Waals surface area contributed by atoms with Gasteiger partial charge in [0.25, 0.3) is 0 Å². The maximum absolute atomic E-state index is 12.0. The van der Waals surface area contributed by atoms with Crippen molar-refractivity contribution in [3.05, 3.63) is 46.8 Å². The van der Waals surface area contributed by atoms with Gasteiger partial charge in [-0.15, -0.1) is 11.3 Å². The van der Waals surface area contributed by atoms with Crippen LogP contribution in [0.25, 0.3) is 0 Å². The van der Waals surface area contributed by atoms with Crippen LogP contribution in [0, 0.1) is 0 Å². The topological polar surface area (TPSA) is 65.5 Å². The number of anilines is 1. The van der Waals surface area contributed by atoms with Crippen molar-refractivity contribution in [2.45, 2.75) is 31.3 Å². The first-order valence-electron chi connectivity index (χ1n) is 8.32. The Kier molecular flexibility index (Phi) is 5.48. The highest BCUT2D eigenvalue weighted by molar-refractivity contribution is 7.09. The summed E-state index contributed by atoms with van der Waals surface area (Å²) in [4.78, 5) is 19.7. The molecule has 0 unspecified atom stereocenters. The van der Waals surface area contributed by atoms with E-state index in [0.717, 1.165) is 25.2 Å². The second-order valence-electron chi connectivity index (χ2n) is 6.29. The van der Waals surface area contributed by atoms with Crippen molar-refractivity contribution in [3.8, 4) is 0 Å². The number of carbonyl (C=O) groups excluding carboxylic acids is 1. The van der Waals surface area contributed by atoms with E-state index < -0.39 is 5.60 Å². The van der Waals surface area contributed by atoms with Crippen LogP contribution in [0.2, 0.25) is 0 Å². The van der Waals surface area contributed by atoms with E-state index in [1.165, 1.54) is 4.88 Å². The molecule has 0 aliphatic carbocycles. The summed E-state index contributed by atoms with van der Waals surface area (Å²) in [5.41, 5.74) is -0.894. The van der Waals surface area contributed by atoms with Crippen molar-refractivity contribution >= 4 is 23.1 Å². The van der Waals surface area contributed by atoms with Crippen LogP contribution in [-0.4, -0.2) is 41.2 Å². The zero-order valence-corrected chi connectivity index (χ0v) is 14.5. The van der Waals surface area contributed by atoms with Gasteiger partial charge in [-0.1, -0.05) is 12.1 Å². The molecule has 1 aliphatic heterocycles. The van der Waals surface area contributed by atoms with E-state index in [1.54, 1.807) is 17.5 Å². The number of aryl methyl sites for hydroxylation is 1. The van der Waals surface area contributed by atoms with Crippen molar-refractivity contribution in [3.63, 3.8) is 0 Å². The molecule has 24 heavy (non-hydrogen) atoms. The highest BCUT2D eigenvalue weighted by Gasteiger charge is 2.34. The van der Waals surface area contributed by atoms with Gasteiger partial charge in [-0.2, -0.15) is 0 Å².